The molecule has 0 saturated heterocycles. The van der Waals surface area contributed by atoms with Crippen LogP contribution in [0, 0.1) is 6.92 Å². The average Bonchev–Trinajstić information content (AvgIpc) is 2.58. The Morgan fingerprint density at radius 1 is 1.27 bits per heavy atom. The van der Waals surface area contributed by atoms with Crippen molar-refractivity contribution in [3.05, 3.63) is 39.2 Å². The van der Waals surface area contributed by atoms with Crippen LogP contribution in [0.2, 0.25) is 5.02 Å². The summed E-state index contributed by atoms with van der Waals surface area (Å²) in [6, 6.07) is 4.49. The lowest BCUT2D eigenvalue weighted by Crippen LogP contribution is -2.42. The molecule has 0 atom stereocenters. The van der Waals surface area contributed by atoms with Gasteiger partial charge < -0.3 is 19.4 Å². The van der Waals surface area contributed by atoms with Crippen molar-refractivity contribution in [1.82, 2.24) is 10.2 Å². The van der Waals surface area contributed by atoms with Crippen LogP contribution in [0.25, 0.3) is 11.0 Å². The van der Waals surface area contributed by atoms with Crippen LogP contribution in [0.4, 0.5) is 0 Å². The molecule has 8 heteroatoms. The number of aryl methyl sites for hydroxylation is 1. The normalized spacial score (nSPS) is 10.6. The van der Waals surface area contributed by atoms with E-state index >= 15 is 0 Å². The van der Waals surface area contributed by atoms with E-state index in [1.54, 1.807) is 26.8 Å². The van der Waals surface area contributed by atoms with E-state index in [1.807, 2.05) is 0 Å². The van der Waals surface area contributed by atoms with Crippen LogP contribution < -0.4 is 15.7 Å². The number of fused-ring (bicyclic) bond motifs is 1. The first-order valence-corrected chi connectivity index (χ1v) is 8.64. The number of hydrogen-bond acceptors (Lipinski definition) is 5. The number of likely N-dealkylation sites (N-methyl/N-ethyl adjacent to an activating group) is 2. The Balaban J connectivity index is 2.13. The number of halogens is 1. The number of nitrogens with zero attached hydrogens (tertiary/aromatic N) is 1. The van der Waals surface area contributed by atoms with Gasteiger partial charge in [-0.1, -0.05) is 11.6 Å². The van der Waals surface area contributed by atoms with Crippen LogP contribution in [0.1, 0.15) is 19.4 Å². The summed E-state index contributed by atoms with van der Waals surface area (Å²) in [5.41, 5.74) is 0.592. The molecule has 26 heavy (non-hydrogen) atoms. The fourth-order valence-electron chi connectivity index (χ4n) is 2.46. The summed E-state index contributed by atoms with van der Waals surface area (Å²) in [4.78, 5) is 36.8. The molecule has 0 spiro atoms. The van der Waals surface area contributed by atoms with Crippen LogP contribution in [0.5, 0.6) is 5.75 Å². The Bertz CT molecular complexity index is 878. The molecular formula is C18H21ClN2O5. The monoisotopic (exact) mass is 380 g/mol. The van der Waals surface area contributed by atoms with Crippen molar-refractivity contribution in [1.29, 1.82) is 0 Å². The van der Waals surface area contributed by atoms with Gasteiger partial charge in [-0.3, -0.25) is 9.59 Å². The number of rotatable bonds is 7. The summed E-state index contributed by atoms with van der Waals surface area (Å²) in [5, 5.41) is 3.64. The van der Waals surface area contributed by atoms with E-state index in [0.717, 1.165) is 5.56 Å². The zero-order valence-corrected chi connectivity index (χ0v) is 15.7. The fourth-order valence-corrected chi connectivity index (χ4v) is 2.68. The van der Waals surface area contributed by atoms with Crippen molar-refractivity contribution < 1.29 is 18.7 Å². The first kappa shape index (κ1) is 19.8. The smallest absolute Gasteiger partial charge is 0.336 e. The van der Waals surface area contributed by atoms with E-state index in [0.29, 0.717) is 29.1 Å². The van der Waals surface area contributed by atoms with Crippen molar-refractivity contribution in [2.24, 2.45) is 0 Å². The number of carbonyl (C=O) groups excluding carboxylic acids is 2. The molecule has 0 unspecified atom stereocenters. The Hall–Kier alpha value is -2.54. The summed E-state index contributed by atoms with van der Waals surface area (Å²) in [7, 11) is 0. The van der Waals surface area contributed by atoms with E-state index in [1.165, 1.54) is 17.0 Å². The molecule has 2 aromatic rings. The molecular weight excluding hydrogens is 360 g/mol. The summed E-state index contributed by atoms with van der Waals surface area (Å²) >= 11 is 6.20. The third-order valence-electron chi connectivity index (χ3n) is 3.80. The van der Waals surface area contributed by atoms with E-state index in [9.17, 15) is 14.4 Å². The minimum Gasteiger partial charge on any atom is -0.482 e. The van der Waals surface area contributed by atoms with Gasteiger partial charge in [0.2, 0.25) is 5.91 Å². The van der Waals surface area contributed by atoms with E-state index in [-0.39, 0.29) is 30.7 Å². The zero-order valence-electron chi connectivity index (χ0n) is 14.9. The van der Waals surface area contributed by atoms with Crippen molar-refractivity contribution in [2.45, 2.75) is 20.8 Å². The number of hydrogen-bond donors (Lipinski definition) is 1. The third kappa shape index (κ3) is 4.76. The second kappa shape index (κ2) is 8.71. The Labute approximate surface area is 155 Å². The Morgan fingerprint density at radius 2 is 2.00 bits per heavy atom. The van der Waals surface area contributed by atoms with Gasteiger partial charge in [0.1, 0.15) is 11.3 Å². The average molecular weight is 381 g/mol. The van der Waals surface area contributed by atoms with Crippen LogP contribution >= 0.6 is 11.6 Å². The summed E-state index contributed by atoms with van der Waals surface area (Å²) in [5.74, 6) is -0.348. The summed E-state index contributed by atoms with van der Waals surface area (Å²) in [6.45, 7) is 5.91. The Morgan fingerprint density at radius 3 is 2.65 bits per heavy atom. The largest absolute Gasteiger partial charge is 0.482 e. The maximum atomic E-state index is 12.3. The standard InChI is InChI=1S/C18H21ClN2O5/c1-4-20-16(22)9-21(5-2)17(23)10-25-15-8-14-12(7-13(15)19)11(3)6-18(24)26-14/h6-8H,4-5,9-10H2,1-3H3,(H,20,22). The molecule has 0 aliphatic rings. The fraction of sp³-hybridized carbons (Fsp3) is 0.389. The van der Waals surface area contributed by atoms with E-state index in [2.05, 4.69) is 5.32 Å². The van der Waals surface area contributed by atoms with Gasteiger partial charge in [-0.05, 0) is 32.4 Å². The molecule has 2 amide bonds. The Kier molecular flexibility index (Phi) is 6.63. The highest BCUT2D eigenvalue weighted by atomic mass is 35.5. The molecule has 1 heterocycles. The van der Waals surface area contributed by atoms with Gasteiger partial charge in [-0.15, -0.1) is 0 Å². The zero-order chi connectivity index (χ0) is 19.3. The van der Waals surface area contributed by atoms with Gasteiger partial charge in [0.05, 0.1) is 11.6 Å². The topological polar surface area (TPSA) is 88.8 Å². The minimum absolute atomic E-state index is 0.0357. The second-order valence-corrected chi connectivity index (χ2v) is 6.08. The molecule has 0 aliphatic heterocycles. The van der Waals surface area contributed by atoms with Crippen molar-refractivity contribution >= 4 is 34.4 Å². The first-order valence-electron chi connectivity index (χ1n) is 8.27. The second-order valence-electron chi connectivity index (χ2n) is 5.68. The predicted octanol–water partition coefficient (Wildman–Crippen LogP) is 2.12. The number of carbonyl (C=O) groups is 2. The molecule has 7 nitrogen and oxygen atoms in total. The molecule has 0 bridgehead atoms. The number of nitrogens with one attached hydrogen (secondary N) is 1. The van der Waals surface area contributed by atoms with Crippen LogP contribution in [-0.2, 0) is 9.59 Å². The number of amides is 2. The van der Waals surface area contributed by atoms with Gasteiger partial charge in [-0.2, -0.15) is 0 Å². The van der Waals surface area contributed by atoms with Gasteiger partial charge in [0, 0.05) is 30.6 Å². The van der Waals surface area contributed by atoms with Gasteiger partial charge in [0.25, 0.3) is 5.91 Å². The third-order valence-corrected chi connectivity index (χ3v) is 4.09. The molecule has 140 valence electrons. The summed E-state index contributed by atoms with van der Waals surface area (Å²) in [6.07, 6.45) is 0. The van der Waals surface area contributed by atoms with Crippen LogP contribution in [0.15, 0.2) is 27.4 Å². The molecule has 1 aromatic heterocycles. The minimum atomic E-state index is -0.474. The van der Waals surface area contributed by atoms with E-state index < -0.39 is 5.63 Å². The molecule has 2 rings (SSSR count). The van der Waals surface area contributed by atoms with Crippen LogP contribution in [0.3, 0.4) is 0 Å². The van der Waals surface area contributed by atoms with Gasteiger partial charge >= 0.3 is 5.63 Å². The molecule has 0 radical (unpaired) electrons. The predicted molar refractivity (Wildman–Crippen MR) is 98.7 cm³/mol. The van der Waals surface area contributed by atoms with Crippen molar-refractivity contribution in [2.75, 3.05) is 26.2 Å². The molecule has 1 N–H and O–H groups in total. The molecule has 0 saturated carbocycles. The van der Waals surface area contributed by atoms with Crippen molar-refractivity contribution in [3.8, 4) is 5.75 Å². The maximum Gasteiger partial charge on any atom is 0.336 e. The number of ether oxygens (including phenoxy) is 1. The number of benzene rings is 1. The summed E-state index contributed by atoms with van der Waals surface area (Å²) < 4.78 is 10.6. The lowest BCUT2D eigenvalue weighted by molar-refractivity contribution is -0.137. The highest BCUT2D eigenvalue weighted by Crippen LogP contribution is 2.31. The van der Waals surface area contributed by atoms with Crippen LogP contribution in [-0.4, -0.2) is 43.0 Å². The van der Waals surface area contributed by atoms with Gasteiger partial charge in [0.15, 0.2) is 6.61 Å². The quantitative estimate of drug-likeness (QED) is 0.743. The first-order chi connectivity index (χ1) is 12.3. The maximum absolute atomic E-state index is 12.3. The molecule has 1 aromatic carbocycles. The highest BCUT2D eigenvalue weighted by Gasteiger charge is 2.17. The van der Waals surface area contributed by atoms with Crippen molar-refractivity contribution in [3.63, 3.8) is 0 Å². The molecule has 0 fully saturated rings. The highest BCUT2D eigenvalue weighted by molar-refractivity contribution is 6.32. The molecule has 0 aliphatic carbocycles. The lowest BCUT2D eigenvalue weighted by Gasteiger charge is -2.20. The van der Waals surface area contributed by atoms with E-state index in [4.69, 9.17) is 20.8 Å². The van der Waals surface area contributed by atoms with Gasteiger partial charge in [-0.25, -0.2) is 4.79 Å². The SMILES string of the molecule is CCNC(=O)CN(CC)C(=O)COc1cc2oc(=O)cc(C)c2cc1Cl. The lowest BCUT2D eigenvalue weighted by atomic mass is 10.1.